The number of nitriles is 1. The Hall–Kier alpha value is -1.75. The zero-order chi connectivity index (χ0) is 9.42. The smallest absolute Gasteiger partial charge is 0.207 e. The topological polar surface area (TPSA) is 36.9 Å². The molecule has 2 nitrogen and oxygen atoms in total. The highest BCUT2D eigenvalue weighted by atomic mass is 16.3. The molecule has 0 aliphatic heterocycles. The second kappa shape index (κ2) is 2.63. The minimum atomic E-state index is 0.417. The van der Waals surface area contributed by atoms with Crippen molar-refractivity contribution in [2.24, 2.45) is 0 Å². The zero-order valence-corrected chi connectivity index (χ0v) is 7.59. The molecule has 0 amide bonds. The summed E-state index contributed by atoms with van der Waals surface area (Å²) in [5, 5.41) is 9.78. The molecule has 64 valence electrons. The van der Waals surface area contributed by atoms with Gasteiger partial charge >= 0.3 is 0 Å². The number of fused-ring (bicyclic) bond motifs is 1. The SMILES string of the molecule is Cc1ccc2oc(C#N)c(C)c2c1. The summed E-state index contributed by atoms with van der Waals surface area (Å²) in [6.45, 7) is 3.93. The van der Waals surface area contributed by atoms with Gasteiger partial charge in [-0.3, -0.25) is 0 Å². The normalized spacial score (nSPS) is 10.2. The van der Waals surface area contributed by atoms with E-state index in [1.54, 1.807) is 0 Å². The van der Waals surface area contributed by atoms with Crippen molar-refractivity contribution in [1.29, 1.82) is 5.26 Å². The molecule has 0 fully saturated rings. The van der Waals surface area contributed by atoms with E-state index in [9.17, 15) is 0 Å². The minimum Gasteiger partial charge on any atom is -0.445 e. The van der Waals surface area contributed by atoms with Crippen LogP contribution in [0, 0.1) is 25.2 Å². The zero-order valence-electron chi connectivity index (χ0n) is 7.59. The molecule has 0 aliphatic carbocycles. The van der Waals surface area contributed by atoms with Gasteiger partial charge in [-0.1, -0.05) is 11.6 Å². The van der Waals surface area contributed by atoms with E-state index in [0.29, 0.717) is 5.76 Å². The van der Waals surface area contributed by atoms with E-state index in [1.807, 2.05) is 38.1 Å². The van der Waals surface area contributed by atoms with Gasteiger partial charge in [-0.2, -0.15) is 5.26 Å². The van der Waals surface area contributed by atoms with Gasteiger partial charge in [0.2, 0.25) is 5.76 Å². The lowest BCUT2D eigenvalue weighted by Crippen LogP contribution is -1.73. The van der Waals surface area contributed by atoms with E-state index >= 15 is 0 Å². The molecule has 1 heterocycles. The van der Waals surface area contributed by atoms with Gasteiger partial charge in [-0.25, -0.2) is 0 Å². The van der Waals surface area contributed by atoms with Gasteiger partial charge < -0.3 is 4.42 Å². The van der Waals surface area contributed by atoms with E-state index in [4.69, 9.17) is 9.68 Å². The maximum Gasteiger partial charge on any atom is 0.207 e. The molecule has 13 heavy (non-hydrogen) atoms. The van der Waals surface area contributed by atoms with Gasteiger partial charge in [-0.15, -0.1) is 0 Å². The van der Waals surface area contributed by atoms with Crippen molar-refractivity contribution in [3.63, 3.8) is 0 Å². The molecule has 2 rings (SSSR count). The lowest BCUT2D eigenvalue weighted by molar-refractivity contribution is 0.596. The molecule has 1 aromatic carbocycles. The van der Waals surface area contributed by atoms with Crippen molar-refractivity contribution >= 4 is 11.0 Å². The molecular weight excluding hydrogens is 162 g/mol. The first-order chi connectivity index (χ1) is 6.22. The Balaban J connectivity index is 2.87. The van der Waals surface area contributed by atoms with Crippen molar-refractivity contribution in [1.82, 2.24) is 0 Å². The van der Waals surface area contributed by atoms with Crippen LogP contribution in [0.15, 0.2) is 22.6 Å². The predicted molar refractivity (Wildman–Crippen MR) is 50.4 cm³/mol. The van der Waals surface area contributed by atoms with Crippen LogP contribution < -0.4 is 0 Å². The molecule has 2 heteroatoms. The van der Waals surface area contributed by atoms with Crippen molar-refractivity contribution < 1.29 is 4.42 Å². The van der Waals surface area contributed by atoms with Crippen LogP contribution in [0.25, 0.3) is 11.0 Å². The molecule has 0 saturated carbocycles. The molecular formula is C11H9NO. The number of hydrogen-bond donors (Lipinski definition) is 0. The summed E-state index contributed by atoms with van der Waals surface area (Å²) >= 11 is 0. The van der Waals surface area contributed by atoms with Gasteiger partial charge in [0.1, 0.15) is 11.7 Å². The Kier molecular flexibility index (Phi) is 1.60. The highest BCUT2D eigenvalue weighted by Crippen LogP contribution is 2.25. The van der Waals surface area contributed by atoms with Crippen LogP contribution in [0.5, 0.6) is 0 Å². The molecule has 0 atom stereocenters. The van der Waals surface area contributed by atoms with E-state index in [1.165, 1.54) is 5.56 Å². The van der Waals surface area contributed by atoms with Gasteiger partial charge in [0, 0.05) is 10.9 Å². The van der Waals surface area contributed by atoms with Crippen LogP contribution in [0.1, 0.15) is 16.9 Å². The minimum absolute atomic E-state index is 0.417. The Morgan fingerprint density at radius 2 is 2.08 bits per heavy atom. The summed E-state index contributed by atoms with van der Waals surface area (Å²) in [4.78, 5) is 0. The monoisotopic (exact) mass is 171 g/mol. The first-order valence-electron chi connectivity index (χ1n) is 4.12. The van der Waals surface area contributed by atoms with Crippen LogP contribution >= 0.6 is 0 Å². The summed E-state index contributed by atoms with van der Waals surface area (Å²) in [5.74, 6) is 0.417. The van der Waals surface area contributed by atoms with E-state index in [0.717, 1.165) is 16.5 Å². The van der Waals surface area contributed by atoms with Crippen molar-refractivity contribution in [3.8, 4) is 6.07 Å². The largest absolute Gasteiger partial charge is 0.445 e. The Morgan fingerprint density at radius 1 is 1.31 bits per heavy atom. The molecule has 0 bridgehead atoms. The number of aryl methyl sites for hydroxylation is 2. The summed E-state index contributed by atoms with van der Waals surface area (Å²) in [7, 11) is 0. The highest BCUT2D eigenvalue weighted by molar-refractivity contribution is 5.83. The van der Waals surface area contributed by atoms with Crippen LogP contribution in [0.3, 0.4) is 0 Å². The average Bonchev–Trinajstić information content (AvgIpc) is 2.44. The quantitative estimate of drug-likeness (QED) is 0.611. The highest BCUT2D eigenvalue weighted by Gasteiger charge is 2.08. The van der Waals surface area contributed by atoms with Gasteiger partial charge in [0.15, 0.2) is 0 Å². The molecule has 0 radical (unpaired) electrons. The molecule has 0 saturated heterocycles. The number of hydrogen-bond acceptors (Lipinski definition) is 2. The lowest BCUT2D eigenvalue weighted by atomic mass is 10.1. The Morgan fingerprint density at radius 3 is 2.77 bits per heavy atom. The standard InChI is InChI=1S/C11H9NO/c1-7-3-4-10-9(5-7)8(2)11(6-12)13-10/h3-5H,1-2H3. The number of nitrogens with zero attached hydrogens (tertiary/aromatic N) is 1. The van der Waals surface area contributed by atoms with E-state index in [-0.39, 0.29) is 0 Å². The Bertz CT molecular complexity index is 503. The summed E-state index contributed by atoms with van der Waals surface area (Å²) in [6.07, 6.45) is 0. The lowest BCUT2D eigenvalue weighted by Gasteiger charge is -1.91. The molecule has 0 aliphatic rings. The number of benzene rings is 1. The van der Waals surface area contributed by atoms with Gasteiger partial charge in [0.05, 0.1) is 0 Å². The number of rotatable bonds is 0. The van der Waals surface area contributed by atoms with Crippen LogP contribution in [0.4, 0.5) is 0 Å². The first-order valence-corrected chi connectivity index (χ1v) is 4.12. The summed E-state index contributed by atoms with van der Waals surface area (Å²) in [5.41, 5.74) is 2.90. The molecule has 0 spiro atoms. The first kappa shape index (κ1) is 7.88. The van der Waals surface area contributed by atoms with Gasteiger partial charge in [-0.05, 0) is 26.0 Å². The second-order valence-electron chi connectivity index (χ2n) is 3.17. The maximum atomic E-state index is 8.75. The molecule has 0 unspecified atom stereocenters. The fraction of sp³-hybridized carbons (Fsp3) is 0.182. The third kappa shape index (κ3) is 1.09. The Labute approximate surface area is 76.4 Å². The summed E-state index contributed by atoms with van der Waals surface area (Å²) < 4.78 is 5.34. The molecule has 2 aromatic rings. The molecule has 0 N–H and O–H groups in total. The van der Waals surface area contributed by atoms with E-state index in [2.05, 4.69) is 0 Å². The fourth-order valence-electron chi connectivity index (χ4n) is 1.44. The van der Waals surface area contributed by atoms with Crippen LogP contribution in [0.2, 0.25) is 0 Å². The van der Waals surface area contributed by atoms with Gasteiger partial charge in [0.25, 0.3) is 0 Å². The van der Waals surface area contributed by atoms with Crippen molar-refractivity contribution in [2.75, 3.05) is 0 Å². The van der Waals surface area contributed by atoms with Crippen LogP contribution in [-0.2, 0) is 0 Å². The second-order valence-corrected chi connectivity index (χ2v) is 3.17. The molecule has 1 aromatic heterocycles. The third-order valence-electron chi connectivity index (χ3n) is 2.19. The maximum absolute atomic E-state index is 8.75. The third-order valence-corrected chi connectivity index (χ3v) is 2.19. The fourth-order valence-corrected chi connectivity index (χ4v) is 1.44. The summed E-state index contributed by atoms with van der Waals surface area (Å²) in [6, 6.07) is 7.95. The predicted octanol–water partition coefficient (Wildman–Crippen LogP) is 2.92. The van der Waals surface area contributed by atoms with E-state index < -0.39 is 0 Å². The average molecular weight is 171 g/mol. The van der Waals surface area contributed by atoms with Crippen LogP contribution in [-0.4, -0.2) is 0 Å². The van der Waals surface area contributed by atoms with Crippen molar-refractivity contribution in [2.45, 2.75) is 13.8 Å². The van der Waals surface area contributed by atoms with Crippen molar-refractivity contribution in [3.05, 3.63) is 35.1 Å². The number of furan rings is 1.